The Morgan fingerprint density at radius 1 is 0.885 bits per heavy atom. The van der Waals surface area contributed by atoms with E-state index in [1.807, 2.05) is 6.07 Å². The summed E-state index contributed by atoms with van der Waals surface area (Å²) in [5.41, 5.74) is 5.71. The van der Waals surface area contributed by atoms with E-state index < -0.39 is 0 Å². The average molecular weight is 347 g/mol. The zero-order valence-corrected chi connectivity index (χ0v) is 16.3. The Bertz CT molecular complexity index is 847. The number of aromatic hydroxyl groups is 1. The fourth-order valence-electron chi connectivity index (χ4n) is 7.77. The molecule has 0 radical (unpaired) electrons. The second-order valence-electron chi connectivity index (χ2n) is 10.5. The average Bonchev–Trinajstić information content (AvgIpc) is 2.54. The molecule has 0 saturated heterocycles. The Hall–Kier alpha value is -1.76. The highest BCUT2D eigenvalue weighted by atomic mass is 16.3. The van der Waals surface area contributed by atoms with E-state index >= 15 is 0 Å². The number of hydrogen-bond donors (Lipinski definition) is 1. The number of phenols is 1. The molecule has 0 spiro atoms. The van der Waals surface area contributed by atoms with Crippen LogP contribution in [0.25, 0.3) is 11.1 Å². The predicted molar refractivity (Wildman–Crippen MR) is 107 cm³/mol. The maximum Gasteiger partial charge on any atom is 0.127 e. The van der Waals surface area contributed by atoms with Crippen molar-refractivity contribution < 1.29 is 5.11 Å². The third kappa shape index (κ3) is 2.36. The molecule has 2 unspecified atom stereocenters. The maximum atomic E-state index is 11.4. The Kier molecular flexibility index (Phi) is 3.25. The van der Waals surface area contributed by atoms with Crippen molar-refractivity contribution in [1.82, 2.24) is 0 Å². The summed E-state index contributed by atoms with van der Waals surface area (Å²) in [5.74, 6) is 1.37. The van der Waals surface area contributed by atoms with E-state index in [1.165, 1.54) is 49.7 Å². The van der Waals surface area contributed by atoms with Crippen molar-refractivity contribution in [3.63, 3.8) is 0 Å². The standard InChI is InChI=1S/C25H30O/c1-17-9-20(19-7-5-4-6-8-19)22(26)21(10-17)25-13-18-11-23(2,15-25)14-24(3,12-18)16-25/h4-10,18,26H,11-16H2,1-3H3. The van der Waals surface area contributed by atoms with Gasteiger partial charge in [0, 0.05) is 16.5 Å². The van der Waals surface area contributed by atoms with Crippen LogP contribution in [0.4, 0.5) is 0 Å². The van der Waals surface area contributed by atoms with Crippen LogP contribution in [0.1, 0.15) is 63.5 Å². The minimum absolute atomic E-state index is 0.169. The van der Waals surface area contributed by atoms with Gasteiger partial charge < -0.3 is 5.11 Å². The molecule has 0 amide bonds. The van der Waals surface area contributed by atoms with Gasteiger partial charge in [-0.2, -0.15) is 0 Å². The van der Waals surface area contributed by atoms with Crippen molar-refractivity contribution in [2.45, 2.75) is 64.7 Å². The number of benzene rings is 2. The van der Waals surface area contributed by atoms with Crippen LogP contribution in [0, 0.1) is 23.7 Å². The third-order valence-corrected chi connectivity index (χ3v) is 7.54. The Labute approximate surface area is 157 Å². The van der Waals surface area contributed by atoms with Gasteiger partial charge in [-0.3, -0.25) is 0 Å². The van der Waals surface area contributed by atoms with Crippen molar-refractivity contribution >= 4 is 0 Å². The van der Waals surface area contributed by atoms with E-state index in [-0.39, 0.29) is 5.41 Å². The summed E-state index contributed by atoms with van der Waals surface area (Å²) >= 11 is 0. The van der Waals surface area contributed by atoms with Gasteiger partial charge in [0.1, 0.15) is 5.75 Å². The summed E-state index contributed by atoms with van der Waals surface area (Å²) < 4.78 is 0. The van der Waals surface area contributed by atoms with E-state index in [0.717, 1.165) is 17.0 Å². The molecule has 4 bridgehead atoms. The molecule has 2 aromatic rings. The summed E-state index contributed by atoms with van der Waals surface area (Å²) in [7, 11) is 0. The molecule has 1 heteroatoms. The highest BCUT2D eigenvalue weighted by Gasteiger charge is 2.61. The fraction of sp³-hybridized carbons (Fsp3) is 0.520. The van der Waals surface area contributed by atoms with Crippen molar-refractivity contribution in [2.75, 3.05) is 0 Å². The number of hydrogen-bond acceptors (Lipinski definition) is 1. The second kappa shape index (κ2) is 5.15. The van der Waals surface area contributed by atoms with Crippen molar-refractivity contribution in [3.05, 3.63) is 53.6 Å². The summed E-state index contributed by atoms with van der Waals surface area (Å²) in [6, 6.07) is 14.8. The normalized spacial score (nSPS) is 37.9. The van der Waals surface area contributed by atoms with Crippen molar-refractivity contribution in [3.8, 4) is 16.9 Å². The van der Waals surface area contributed by atoms with Crippen molar-refractivity contribution in [1.29, 1.82) is 0 Å². The van der Waals surface area contributed by atoms with Crippen molar-refractivity contribution in [2.24, 2.45) is 16.7 Å². The van der Waals surface area contributed by atoms with Gasteiger partial charge in [-0.15, -0.1) is 0 Å². The molecule has 2 aromatic carbocycles. The molecule has 0 aromatic heterocycles. The molecule has 4 aliphatic carbocycles. The second-order valence-corrected chi connectivity index (χ2v) is 10.5. The molecule has 0 heterocycles. The highest BCUT2D eigenvalue weighted by molar-refractivity contribution is 5.73. The predicted octanol–water partition coefficient (Wildman–Crippen LogP) is 6.62. The van der Waals surface area contributed by atoms with Gasteiger partial charge in [-0.25, -0.2) is 0 Å². The lowest BCUT2D eigenvalue weighted by molar-refractivity contribution is -0.110. The van der Waals surface area contributed by atoms with Crippen LogP contribution in [0.15, 0.2) is 42.5 Å². The smallest absolute Gasteiger partial charge is 0.127 e. The molecule has 0 aliphatic heterocycles. The Morgan fingerprint density at radius 3 is 2.15 bits per heavy atom. The quantitative estimate of drug-likeness (QED) is 0.648. The van der Waals surface area contributed by atoms with E-state index in [2.05, 4.69) is 57.2 Å². The summed E-state index contributed by atoms with van der Waals surface area (Å²) in [6.07, 6.45) is 7.92. The molecule has 2 atom stereocenters. The van der Waals surface area contributed by atoms with E-state index in [1.54, 1.807) is 0 Å². The lowest BCUT2D eigenvalue weighted by Crippen LogP contribution is -2.56. The lowest BCUT2D eigenvalue weighted by Gasteiger charge is -2.65. The molecule has 26 heavy (non-hydrogen) atoms. The molecular formula is C25H30O. The van der Waals surface area contributed by atoms with Gasteiger partial charge in [0.25, 0.3) is 0 Å². The van der Waals surface area contributed by atoms with Crippen LogP contribution < -0.4 is 0 Å². The van der Waals surface area contributed by atoms with Crippen LogP contribution >= 0.6 is 0 Å². The SMILES string of the molecule is Cc1cc(-c2ccccc2)c(O)c(C23CC4CC(C)(CC(C)(C4)C2)C3)c1. The first kappa shape index (κ1) is 16.4. The van der Waals surface area contributed by atoms with Crippen LogP contribution in [-0.2, 0) is 5.41 Å². The van der Waals surface area contributed by atoms with Gasteiger partial charge in [-0.05, 0) is 79.4 Å². The molecule has 1 nitrogen and oxygen atoms in total. The minimum Gasteiger partial charge on any atom is -0.507 e. The number of phenolic OH excluding ortho intramolecular Hbond substituents is 1. The molecule has 1 N–H and O–H groups in total. The molecule has 4 aliphatic rings. The molecule has 4 saturated carbocycles. The Morgan fingerprint density at radius 2 is 1.54 bits per heavy atom. The third-order valence-electron chi connectivity index (χ3n) is 7.54. The Balaban J connectivity index is 1.68. The van der Waals surface area contributed by atoms with Gasteiger partial charge in [0.05, 0.1) is 0 Å². The van der Waals surface area contributed by atoms with Crippen LogP contribution in [-0.4, -0.2) is 5.11 Å². The van der Waals surface area contributed by atoms with Crippen LogP contribution in [0.5, 0.6) is 5.75 Å². The first-order valence-corrected chi connectivity index (χ1v) is 10.2. The van der Waals surface area contributed by atoms with E-state index in [9.17, 15) is 5.11 Å². The van der Waals surface area contributed by atoms with Gasteiger partial charge in [0.15, 0.2) is 0 Å². The lowest BCUT2D eigenvalue weighted by atomic mass is 9.39. The first-order valence-electron chi connectivity index (χ1n) is 10.2. The van der Waals surface area contributed by atoms with Gasteiger partial charge in [0.2, 0.25) is 0 Å². The minimum atomic E-state index is 0.169. The van der Waals surface area contributed by atoms with E-state index in [4.69, 9.17) is 0 Å². The fourth-order valence-corrected chi connectivity index (χ4v) is 7.77. The van der Waals surface area contributed by atoms with Gasteiger partial charge >= 0.3 is 0 Å². The highest BCUT2D eigenvalue weighted by Crippen LogP contribution is 2.70. The summed E-state index contributed by atoms with van der Waals surface area (Å²) in [4.78, 5) is 0. The molecular weight excluding hydrogens is 316 g/mol. The maximum absolute atomic E-state index is 11.4. The molecule has 6 rings (SSSR count). The number of rotatable bonds is 2. The zero-order valence-electron chi connectivity index (χ0n) is 16.3. The van der Waals surface area contributed by atoms with Crippen LogP contribution in [0.3, 0.4) is 0 Å². The van der Waals surface area contributed by atoms with Crippen LogP contribution in [0.2, 0.25) is 0 Å². The van der Waals surface area contributed by atoms with E-state index in [0.29, 0.717) is 16.6 Å². The monoisotopic (exact) mass is 346 g/mol. The molecule has 136 valence electrons. The van der Waals surface area contributed by atoms with Gasteiger partial charge in [-0.1, -0.05) is 50.2 Å². The topological polar surface area (TPSA) is 20.2 Å². The summed E-state index contributed by atoms with van der Waals surface area (Å²) in [6.45, 7) is 7.20. The molecule has 4 fully saturated rings. The first-order chi connectivity index (χ1) is 12.3. The number of aryl methyl sites for hydroxylation is 1. The summed E-state index contributed by atoms with van der Waals surface area (Å²) in [5, 5.41) is 11.4. The largest absolute Gasteiger partial charge is 0.507 e. The zero-order chi connectivity index (χ0) is 18.2.